The first-order chi connectivity index (χ1) is 8.70. The van der Waals surface area contributed by atoms with E-state index in [1.165, 1.54) is 18.6 Å². The van der Waals surface area contributed by atoms with Crippen molar-refractivity contribution in [1.29, 1.82) is 0 Å². The lowest BCUT2D eigenvalue weighted by atomic mass is 10.2. The number of methoxy groups -OCH3 is 1. The van der Waals surface area contributed by atoms with Crippen LogP contribution in [0.25, 0.3) is 0 Å². The van der Waals surface area contributed by atoms with Crippen molar-refractivity contribution in [3.05, 3.63) is 28.2 Å². The van der Waals surface area contributed by atoms with Crippen LogP contribution in [0.4, 0.5) is 0 Å². The highest BCUT2D eigenvalue weighted by molar-refractivity contribution is 9.10. The number of carbonyl (C=O) groups excluding carboxylic acids is 1. The van der Waals surface area contributed by atoms with Gasteiger partial charge in [0.05, 0.1) is 12.7 Å². The van der Waals surface area contributed by atoms with E-state index in [9.17, 15) is 4.79 Å². The third kappa shape index (κ3) is 3.42. The van der Waals surface area contributed by atoms with Crippen molar-refractivity contribution in [2.45, 2.75) is 18.1 Å². The molecule has 2 rings (SSSR count). The highest BCUT2D eigenvalue weighted by Gasteiger charge is 2.17. The number of halogens is 1. The van der Waals surface area contributed by atoms with E-state index in [-0.39, 0.29) is 5.91 Å². The largest absolute Gasteiger partial charge is 0.497 e. The molecule has 1 unspecified atom stereocenters. The lowest BCUT2D eigenvalue weighted by Gasteiger charge is -2.11. The van der Waals surface area contributed by atoms with Crippen molar-refractivity contribution in [1.82, 2.24) is 5.32 Å². The summed E-state index contributed by atoms with van der Waals surface area (Å²) in [5, 5.41) is 3.56. The van der Waals surface area contributed by atoms with Crippen molar-refractivity contribution in [3.63, 3.8) is 0 Å². The van der Waals surface area contributed by atoms with Crippen LogP contribution in [0, 0.1) is 0 Å². The zero-order valence-electron chi connectivity index (χ0n) is 10.2. The van der Waals surface area contributed by atoms with E-state index in [4.69, 9.17) is 4.74 Å². The molecule has 1 aromatic carbocycles. The van der Waals surface area contributed by atoms with Crippen molar-refractivity contribution in [2.75, 3.05) is 19.4 Å². The molecular formula is C13H16BrNO2S. The second kappa shape index (κ2) is 6.48. The molecule has 0 bridgehead atoms. The number of carbonyl (C=O) groups is 1. The van der Waals surface area contributed by atoms with Gasteiger partial charge in [0.15, 0.2) is 0 Å². The molecule has 1 aromatic rings. The molecule has 0 aliphatic carbocycles. The molecule has 18 heavy (non-hydrogen) atoms. The first kappa shape index (κ1) is 13.7. The molecule has 1 amide bonds. The Morgan fingerprint density at radius 1 is 1.61 bits per heavy atom. The average molecular weight is 330 g/mol. The molecule has 3 nitrogen and oxygen atoms in total. The van der Waals surface area contributed by atoms with Gasteiger partial charge in [0.1, 0.15) is 5.75 Å². The summed E-state index contributed by atoms with van der Waals surface area (Å²) in [4.78, 5) is 12.1. The van der Waals surface area contributed by atoms with Crippen molar-refractivity contribution < 1.29 is 9.53 Å². The number of amides is 1. The van der Waals surface area contributed by atoms with E-state index in [1.807, 2.05) is 23.9 Å². The Hall–Kier alpha value is -0.680. The normalized spacial score (nSPS) is 18.7. The Balaban J connectivity index is 1.98. The van der Waals surface area contributed by atoms with Crippen LogP contribution >= 0.6 is 27.7 Å². The highest BCUT2D eigenvalue weighted by Crippen LogP contribution is 2.26. The van der Waals surface area contributed by atoms with E-state index in [1.54, 1.807) is 13.2 Å². The topological polar surface area (TPSA) is 38.3 Å². The Bertz CT molecular complexity index is 433. The predicted octanol–water partition coefficient (Wildman–Crippen LogP) is 3.08. The number of hydrogen-bond donors (Lipinski definition) is 1. The van der Waals surface area contributed by atoms with Gasteiger partial charge < -0.3 is 10.1 Å². The fraction of sp³-hybridized carbons (Fsp3) is 0.462. The van der Waals surface area contributed by atoms with E-state index < -0.39 is 0 Å². The second-order valence-electron chi connectivity index (χ2n) is 4.19. The minimum atomic E-state index is -0.0479. The van der Waals surface area contributed by atoms with Crippen molar-refractivity contribution in [3.8, 4) is 5.75 Å². The Morgan fingerprint density at radius 3 is 3.11 bits per heavy atom. The van der Waals surface area contributed by atoms with Crippen LogP contribution < -0.4 is 10.1 Å². The summed E-state index contributed by atoms with van der Waals surface area (Å²) < 4.78 is 5.92. The second-order valence-corrected chi connectivity index (χ2v) is 6.45. The summed E-state index contributed by atoms with van der Waals surface area (Å²) in [6.45, 7) is 0.743. The van der Waals surface area contributed by atoms with E-state index in [0.29, 0.717) is 16.6 Å². The molecule has 1 heterocycles. The molecule has 5 heteroatoms. The van der Waals surface area contributed by atoms with Gasteiger partial charge in [-0.15, -0.1) is 0 Å². The van der Waals surface area contributed by atoms with Crippen LogP contribution in [-0.4, -0.2) is 30.6 Å². The first-order valence-electron chi connectivity index (χ1n) is 5.94. The number of thioether (sulfide) groups is 1. The Morgan fingerprint density at radius 2 is 2.44 bits per heavy atom. The number of nitrogens with one attached hydrogen (secondary N) is 1. The number of hydrogen-bond acceptors (Lipinski definition) is 3. The van der Waals surface area contributed by atoms with Crippen LogP contribution in [-0.2, 0) is 0 Å². The maximum absolute atomic E-state index is 12.1. The zero-order chi connectivity index (χ0) is 13.0. The fourth-order valence-electron chi connectivity index (χ4n) is 1.91. The molecule has 1 saturated heterocycles. The fourth-order valence-corrected chi connectivity index (χ4v) is 3.54. The Kier molecular flexibility index (Phi) is 4.95. The van der Waals surface area contributed by atoms with Gasteiger partial charge in [0.2, 0.25) is 0 Å². The van der Waals surface area contributed by atoms with Crippen LogP contribution in [0.2, 0.25) is 0 Å². The minimum absolute atomic E-state index is 0.0479. The van der Waals surface area contributed by atoms with Crippen LogP contribution in [0.5, 0.6) is 5.75 Å². The molecular weight excluding hydrogens is 314 g/mol. The van der Waals surface area contributed by atoms with Gasteiger partial charge in [-0.1, -0.05) is 0 Å². The molecule has 0 radical (unpaired) electrons. The molecule has 1 aliphatic rings. The van der Waals surface area contributed by atoms with E-state index in [0.717, 1.165) is 11.0 Å². The van der Waals surface area contributed by atoms with E-state index >= 15 is 0 Å². The molecule has 98 valence electrons. The first-order valence-corrected chi connectivity index (χ1v) is 7.78. The van der Waals surface area contributed by atoms with Gasteiger partial charge in [-0.25, -0.2) is 0 Å². The summed E-state index contributed by atoms with van der Waals surface area (Å²) in [5.74, 6) is 1.86. The number of ether oxygens (including phenoxy) is 1. The summed E-state index contributed by atoms with van der Waals surface area (Å²) in [5.41, 5.74) is 0.623. The minimum Gasteiger partial charge on any atom is -0.497 e. The smallest absolute Gasteiger partial charge is 0.252 e. The number of rotatable bonds is 4. The third-order valence-corrected chi connectivity index (χ3v) is 5.02. The average Bonchev–Trinajstić information content (AvgIpc) is 2.89. The lowest BCUT2D eigenvalue weighted by molar-refractivity contribution is 0.0952. The Labute approximate surface area is 120 Å². The van der Waals surface area contributed by atoms with Gasteiger partial charge in [0.25, 0.3) is 5.91 Å². The maximum Gasteiger partial charge on any atom is 0.252 e. The molecule has 1 fully saturated rings. The van der Waals surface area contributed by atoms with Crippen LogP contribution in [0.15, 0.2) is 22.7 Å². The van der Waals surface area contributed by atoms with Crippen LogP contribution in [0.1, 0.15) is 23.2 Å². The van der Waals surface area contributed by atoms with Crippen molar-refractivity contribution in [2.24, 2.45) is 0 Å². The molecule has 1 atom stereocenters. The highest BCUT2D eigenvalue weighted by atomic mass is 79.9. The third-order valence-electron chi connectivity index (χ3n) is 2.93. The monoisotopic (exact) mass is 329 g/mol. The standard InChI is InChI=1S/C13H16BrNO2S/c1-17-9-4-5-12(14)11(7-9)13(16)15-8-10-3-2-6-18-10/h4-5,7,10H,2-3,6,8H2,1H3,(H,15,16). The van der Waals surface area contributed by atoms with Gasteiger partial charge >= 0.3 is 0 Å². The summed E-state index contributed by atoms with van der Waals surface area (Å²) in [7, 11) is 1.60. The molecule has 1 aliphatic heterocycles. The summed E-state index contributed by atoms with van der Waals surface area (Å²) in [6.07, 6.45) is 2.46. The maximum atomic E-state index is 12.1. The lowest BCUT2D eigenvalue weighted by Crippen LogP contribution is -2.29. The van der Waals surface area contributed by atoms with E-state index in [2.05, 4.69) is 21.2 Å². The summed E-state index contributed by atoms with van der Waals surface area (Å²) in [6, 6.07) is 5.41. The van der Waals surface area contributed by atoms with Crippen molar-refractivity contribution >= 4 is 33.6 Å². The van der Waals surface area contributed by atoms with Gasteiger partial charge in [-0.3, -0.25) is 4.79 Å². The van der Waals surface area contributed by atoms with Gasteiger partial charge in [0, 0.05) is 16.3 Å². The quantitative estimate of drug-likeness (QED) is 0.922. The summed E-state index contributed by atoms with van der Waals surface area (Å²) >= 11 is 5.33. The van der Waals surface area contributed by atoms with Crippen LogP contribution in [0.3, 0.4) is 0 Å². The SMILES string of the molecule is COc1ccc(Br)c(C(=O)NCC2CCCS2)c1. The predicted molar refractivity (Wildman–Crippen MR) is 78.5 cm³/mol. The number of benzene rings is 1. The molecule has 1 N–H and O–H groups in total. The molecule has 0 saturated carbocycles. The van der Waals surface area contributed by atoms with Gasteiger partial charge in [-0.05, 0) is 52.7 Å². The molecule has 0 aromatic heterocycles. The molecule has 0 spiro atoms. The van der Waals surface area contributed by atoms with Gasteiger partial charge in [-0.2, -0.15) is 11.8 Å². The zero-order valence-corrected chi connectivity index (χ0v) is 12.6.